The summed E-state index contributed by atoms with van der Waals surface area (Å²) in [5.74, 6) is 0.688. The molecule has 2 aromatic carbocycles. The molecule has 1 atom stereocenters. The molecule has 2 aromatic rings. The van der Waals surface area contributed by atoms with Crippen molar-refractivity contribution in [1.29, 1.82) is 0 Å². The number of amides is 2. The molecule has 1 aliphatic rings. The Morgan fingerprint density at radius 2 is 1.85 bits per heavy atom. The van der Waals surface area contributed by atoms with Crippen molar-refractivity contribution in [2.24, 2.45) is 5.92 Å². The van der Waals surface area contributed by atoms with Gasteiger partial charge in [-0.1, -0.05) is 6.07 Å². The van der Waals surface area contributed by atoms with Crippen molar-refractivity contribution in [2.75, 3.05) is 31.0 Å². The molecule has 0 radical (unpaired) electrons. The van der Waals surface area contributed by atoms with Gasteiger partial charge in [-0.25, -0.2) is 0 Å². The van der Waals surface area contributed by atoms with Crippen LogP contribution >= 0.6 is 0 Å². The van der Waals surface area contributed by atoms with Gasteiger partial charge in [0, 0.05) is 18.7 Å². The van der Waals surface area contributed by atoms with Crippen LogP contribution in [0.2, 0.25) is 0 Å². The fourth-order valence-corrected chi connectivity index (χ4v) is 3.05. The van der Waals surface area contributed by atoms with E-state index in [-0.39, 0.29) is 18.2 Å². The van der Waals surface area contributed by atoms with Crippen LogP contribution in [0.15, 0.2) is 42.5 Å². The van der Waals surface area contributed by atoms with Crippen LogP contribution in [0.3, 0.4) is 0 Å². The van der Waals surface area contributed by atoms with E-state index in [9.17, 15) is 9.59 Å². The van der Waals surface area contributed by atoms with Gasteiger partial charge in [0.1, 0.15) is 11.5 Å². The van der Waals surface area contributed by atoms with Gasteiger partial charge in [-0.3, -0.25) is 9.59 Å². The Morgan fingerprint density at radius 1 is 1.12 bits per heavy atom. The Bertz CT molecular complexity index is 817. The summed E-state index contributed by atoms with van der Waals surface area (Å²) in [6.07, 6.45) is 0.180. The fraction of sp³-hybridized carbons (Fsp3) is 0.300. The maximum atomic E-state index is 12.6. The first-order chi connectivity index (χ1) is 12.5. The zero-order valence-electron chi connectivity index (χ0n) is 15.1. The minimum atomic E-state index is -0.408. The molecule has 1 N–H and O–H groups in total. The first-order valence-corrected chi connectivity index (χ1v) is 8.41. The fourth-order valence-electron chi connectivity index (χ4n) is 3.05. The number of rotatable bonds is 5. The van der Waals surface area contributed by atoms with Gasteiger partial charge in [-0.15, -0.1) is 0 Å². The van der Waals surface area contributed by atoms with Crippen LogP contribution in [0.1, 0.15) is 12.0 Å². The van der Waals surface area contributed by atoms with Crippen molar-refractivity contribution >= 4 is 23.2 Å². The third-order valence-corrected chi connectivity index (χ3v) is 4.48. The van der Waals surface area contributed by atoms with Crippen LogP contribution in [-0.2, 0) is 9.59 Å². The highest BCUT2D eigenvalue weighted by Crippen LogP contribution is 2.34. The third kappa shape index (κ3) is 3.64. The molecule has 6 heteroatoms. The van der Waals surface area contributed by atoms with Crippen molar-refractivity contribution in [2.45, 2.75) is 13.3 Å². The van der Waals surface area contributed by atoms with E-state index in [1.807, 2.05) is 25.1 Å². The normalized spacial score (nSPS) is 16.5. The summed E-state index contributed by atoms with van der Waals surface area (Å²) < 4.78 is 10.5. The molecule has 136 valence electrons. The van der Waals surface area contributed by atoms with Gasteiger partial charge in [0.25, 0.3) is 0 Å². The lowest BCUT2D eigenvalue weighted by Gasteiger charge is -2.20. The van der Waals surface area contributed by atoms with Crippen LogP contribution in [0, 0.1) is 12.8 Å². The quantitative estimate of drug-likeness (QED) is 0.896. The molecule has 0 saturated carbocycles. The number of aryl methyl sites for hydroxylation is 1. The van der Waals surface area contributed by atoms with Crippen molar-refractivity contribution < 1.29 is 19.1 Å². The van der Waals surface area contributed by atoms with Gasteiger partial charge in [0.05, 0.1) is 25.8 Å². The second-order valence-electron chi connectivity index (χ2n) is 6.30. The maximum absolute atomic E-state index is 12.6. The van der Waals surface area contributed by atoms with Crippen molar-refractivity contribution in [3.05, 3.63) is 48.0 Å². The first-order valence-electron chi connectivity index (χ1n) is 8.41. The molecule has 0 bridgehead atoms. The lowest BCUT2D eigenvalue weighted by Crippen LogP contribution is -2.28. The number of anilines is 2. The van der Waals surface area contributed by atoms with E-state index >= 15 is 0 Å². The Labute approximate surface area is 152 Å². The van der Waals surface area contributed by atoms with Gasteiger partial charge in [0.15, 0.2) is 0 Å². The average Bonchev–Trinajstić information content (AvgIpc) is 3.04. The standard InChI is InChI=1S/C20H22N2O4/c1-13-4-9-18(26-3)17(10-13)22-12-14(11-19(22)23)20(24)21-15-5-7-16(25-2)8-6-15/h4-10,14H,11-12H2,1-3H3,(H,21,24). The Morgan fingerprint density at radius 3 is 2.50 bits per heavy atom. The molecule has 0 spiro atoms. The minimum absolute atomic E-state index is 0.0798. The first kappa shape index (κ1) is 17.8. The zero-order chi connectivity index (χ0) is 18.7. The van der Waals surface area contributed by atoms with Crippen LogP contribution < -0.4 is 19.7 Å². The predicted molar refractivity (Wildman–Crippen MR) is 99.8 cm³/mol. The van der Waals surface area contributed by atoms with Crippen LogP contribution in [0.4, 0.5) is 11.4 Å². The number of nitrogens with one attached hydrogen (secondary N) is 1. The topological polar surface area (TPSA) is 67.9 Å². The summed E-state index contributed by atoms with van der Waals surface area (Å²) in [5, 5.41) is 2.86. The summed E-state index contributed by atoms with van der Waals surface area (Å²) in [6.45, 7) is 2.29. The lowest BCUT2D eigenvalue weighted by atomic mass is 10.1. The highest BCUT2D eigenvalue weighted by molar-refractivity contribution is 6.04. The van der Waals surface area contributed by atoms with Crippen LogP contribution in [0.25, 0.3) is 0 Å². The molecule has 2 amide bonds. The summed E-state index contributed by atoms with van der Waals surface area (Å²) in [4.78, 5) is 26.7. The molecule has 0 aromatic heterocycles. The second-order valence-corrected chi connectivity index (χ2v) is 6.30. The van der Waals surface area contributed by atoms with E-state index in [1.165, 1.54) is 0 Å². The lowest BCUT2D eigenvalue weighted by molar-refractivity contribution is -0.122. The third-order valence-electron chi connectivity index (χ3n) is 4.48. The van der Waals surface area contributed by atoms with Gasteiger partial charge >= 0.3 is 0 Å². The largest absolute Gasteiger partial charge is 0.497 e. The molecule has 6 nitrogen and oxygen atoms in total. The van der Waals surface area contributed by atoms with E-state index in [2.05, 4.69) is 5.32 Å². The Hall–Kier alpha value is -3.02. The summed E-state index contributed by atoms with van der Waals surface area (Å²) in [6, 6.07) is 12.8. The molecule has 1 unspecified atom stereocenters. The van der Waals surface area contributed by atoms with Gasteiger partial charge in [-0.2, -0.15) is 0 Å². The highest BCUT2D eigenvalue weighted by atomic mass is 16.5. The van der Waals surface area contributed by atoms with E-state index in [0.29, 0.717) is 23.7 Å². The number of hydrogen-bond donors (Lipinski definition) is 1. The van der Waals surface area contributed by atoms with E-state index in [1.54, 1.807) is 43.4 Å². The number of carbonyl (C=O) groups is 2. The number of methoxy groups -OCH3 is 2. The SMILES string of the molecule is COc1ccc(NC(=O)C2CC(=O)N(c3cc(C)ccc3OC)C2)cc1. The van der Waals surface area contributed by atoms with Crippen molar-refractivity contribution in [3.63, 3.8) is 0 Å². The molecule has 1 saturated heterocycles. The second kappa shape index (κ2) is 7.47. The van der Waals surface area contributed by atoms with E-state index in [4.69, 9.17) is 9.47 Å². The van der Waals surface area contributed by atoms with Crippen molar-refractivity contribution in [1.82, 2.24) is 0 Å². The van der Waals surface area contributed by atoms with Gasteiger partial charge < -0.3 is 19.7 Å². The van der Waals surface area contributed by atoms with Gasteiger partial charge in [0.2, 0.25) is 11.8 Å². The minimum Gasteiger partial charge on any atom is -0.497 e. The van der Waals surface area contributed by atoms with E-state index < -0.39 is 5.92 Å². The summed E-state index contributed by atoms with van der Waals surface area (Å²) in [7, 11) is 3.16. The Kier molecular flexibility index (Phi) is 5.11. The summed E-state index contributed by atoms with van der Waals surface area (Å²) >= 11 is 0. The molecule has 26 heavy (non-hydrogen) atoms. The predicted octanol–water partition coefficient (Wildman–Crippen LogP) is 3.00. The zero-order valence-corrected chi connectivity index (χ0v) is 15.1. The molecular formula is C20H22N2O4. The number of benzene rings is 2. The highest BCUT2D eigenvalue weighted by Gasteiger charge is 2.36. The molecule has 0 aliphatic carbocycles. The smallest absolute Gasteiger partial charge is 0.229 e. The monoisotopic (exact) mass is 354 g/mol. The molecule has 1 heterocycles. The van der Waals surface area contributed by atoms with Crippen molar-refractivity contribution in [3.8, 4) is 11.5 Å². The van der Waals surface area contributed by atoms with E-state index in [0.717, 1.165) is 11.3 Å². The maximum Gasteiger partial charge on any atom is 0.229 e. The number of ether oxygens (including phenoxy) is 2. The molecule has 1 fully saturated rings. The number of hydrogen-bond acceptors (Lipinski definition) is 4. The van der Waals surface area contributed by atoms with Crippen LogP contribution in [-0.4, -0.2) is 32.6 Å². The van der Waals surface area contributed by atoms with Crippen LogP contribution in [0.5, 0.6) is 11.5 Å². The molecular weight excluding hydrogens is 332 g/mol. The molecule has 1 aliphatic heterocycles. The molecule has 3 rings (SSSR count). The number of carbonyl (C=O) groups excluding carboxylic acids is 2. The summed E-state index contributed by atoms with van der Waals surface area (Å²) in [5.41, 5.74) is 2.41. The van der Waals surface area contributed by atoms with Gasteiger partial charge in [-0.05, 0) is 48.9 Å². The number of nitrogens with zero attached hydrogens (tertiary/aromatic N) is 1. The average molecular weight is 354 g/mol. The Balaban J connectivity index is 1.72.